The summed E-state index contributed by atoms with van der Waals surface area (Å²) in [6.45, 7) is 8.69. The van der Waals surface area contributed by atoms with Crippen molar-refractivity contribution in [2.45, 2.75) is 45.6 Å². The van der Waals surface area contributed by atoms with Crippen LogP contribution in [0.1, 0.15) is 50.1 Å². The van der Waals surface area contributed by atoms with Gasteiger partial charge in [-0.1, -0.05) is 38.2 Å². The first-order valence-electron chi connectivity index (χ1n) is 10.9. The molecule has 0 saturated heterocycles. The first-order valence-corrected chi connectivity index (χ1v) is 10.9. The highest BCUT2D eigenvalue weighted by molar-refractivity contribution is 5.86. The largest absolute Gasteiger partial charge is 0.459 e. The van der Waals surface area contributed by atoms with Gasteiger partial charge in [-0.05, 0) is 55.2 Å². The number of fused-ring (bicyclic) bond motifs is 1. The molecule has 166 valence electrons. The molecule has 1 aliphatic heterocycles. The lowest BCUT2D eigenvalue weighted by atomic mass is 9.46. The van der Waals surface area contributed by atoms with E-state index in [1.165, 1.54) is 12.5 Å². The Kier molecular flexibility index (Phi) is 5.69. The predicted molar refractivity (Wildman–Crippen MR) is 114 cm³/mol. The number of hydrogen-bond acceptors (Lipinski definition) is 6. The van der Waals surface area contributed by atoms with Crippen molar-refractivity contribution in [3.8, 4) is 0 Å². The van der Waals surface area contributed by atoms with Gasteiger partial charge >= 0.3 is 11.9 Å². The number of cyclic esters (lactones) is 1. The van der Waals surface area contributed by atoms with Crippen LogP contribution >= 0.6 is 0 Å². The zero-order chi connectivity index (χ0) is 22.2. The summed E-state index contributed by atoms with van der Waals surface area (Å²) in [5, 5.41) is 11.0. The molecule has 4 rings (SSSR count). The van der Waals surface area contributed by atoms with Crippen molar-refractivity contribution in [1.29, 1.82) is 0 Å². The van der Waals surface area contributed by atoms with Gasteiger partial charge < -0.3 is 19.0 Å². The van der Waals surface area contributed by atoms with Crippen molar-refractivity contribution in [3.05, 3.63) is 60.8 Å². The summed E-state index contributed by atoms with van der Waals surface area (Å²) in [7, 11) is 0. The molecule has 2 saturated carbocycles. The van der Waals surface area contributed by atoms with Crippen LogP contribution in [0.4, 0.5) is 0 Å². The average Bonchev–Trinajstić information content (AvgIpc) is 3.41. The van der Waals surface area contributed by atoms with Gasteiger partial charge in [0.05, 0.1) is 31.2 Å². The molecule has 1 aromatic heterocycles. The number of ether oxygens (including phenoxy) is 2. The standard InChI is InChI=1S/C25H30O6/c1-16-6-9-20-24(2,18(16)8-7-17-11-14-30-22(17)27)12-10-21(26)25(20,3)15-31-23(28)19-5-4-13-29-19/h4-5,7-8,11,13-14,17-18,20-21,26H,1,6,9-10,12,15H2,2-3H3/b8-7+/t17?,18-,20?,21-,24+,25+/m1/s1. The Hall–Kier alpha value is -2.60. The molecule has 2 heterocycles. The van der Waals surface area contributed by atoms with Gasteiger partial charge in [0, 0.05) is 11.3 Å². The lowest BCUT2D eigenvalue weighted by Gasteiger charge is -2.59. The van der Waals surface area contributed by atoms with Crippen LogP contribution in [0.25, 0.3) is 0 Å². The van der Waals surface area contributed by atoms with Crippen LogP contribution in [0.3, 0.4) is 0 Å². The predicted octanol–water partition coefficient (Wildman–Crippen LogP) is 4.43. The first kappa shape index (κ1) is 21.6. The Bertz CT molecular complexity index is 912. The maximum Gasteiger partial charge on any atom is 0.374 e. The topological polar surface area (TPSA) is 86.0 Å². The normalized spacial score (nSPS) is 37.6. The molecule has 6 heteroatoms. The molecule has 6 nitrogen and oxygen atoms in total. The molecule has 0 aromatic carbocycles. The van der Waals surface area contributed by atoms with E-state index in [1.807, 2.05) is 13.0 Å². The Morgan fingerprint density at radius 2 is 2.16 bits per heavy atom. The van der Waals surface area contributed by atoms with Crippen LogP contribution in [-0.4, -0.2) is 29.8 Å². The number of carbonyl (C=O) groups is 2. The summed E-state index contributed by atoms with van der Waals surface area (Å²) in [5.74, 6) is -0.806. The summed E-state index contributed by atoms with van der Waals surface area (Å²) in [6, 6.07) is 3.21. The van der Waals surface area contributed by atoms with Gasteiger partial charge in [-0.15, -0.1) is 0 Å². The van der Waals surface area contributed by atoms with E-state index in [4.69, 9.17) is 13.9 Å². The van der Waals surface area contributed by atoms with Crippen molar-refractivity contribution in [2.75, 3.05) is 6.61 Å². The molecule has 2 aliphatic carbocycles. The molecule has 1 aromatic rings. The number of aliphatic hydroxyl groups is 1. The molecular formula is C25H30O6. The lowest BCUT2D eigenvalue weighted by Crippen LogP contribution is -2.57. The molecule has 0 amide bonds. The lowest BCUT2D eigenvalue weighted by molar-refractivity contribution is -0.147. The molecule has 0 radical (unpaired) electrons. The fourth-order valence-electron chi connectivity index (χ4n) is 5.88. The van der Waals surface area contributed by atoms with Crippen molar-refractivity contribution < 1.29 is 28.6 Å². The van der Waals surface area contributed by atoms with E-state index >= 15 is 0 Å². The minimum atomic E-state index is -0.589. The van der Waals surface area contributed by atoms with Crippen LogP contribution < -0.4 is 0 Å². The van der Waals surface area contributed by atoms with E-state index < -0.39 is 17.5 Å². The van der Waals surface area contributed by atoms with Gasteiger partial charge in [0.1, 0.15) is 0 Å². The van der Waals surface area contributed by atoms with Gasteiger partial charge in [-0.25, -0.2) is 4.79 Å². The maximum atomic E-state index is 12.4. The van der Waals surface area contributed by atoms with Crippen LogP contribution in [0.15, 0.2) is 59.5 Å². The maximum absolute atomic E-state index is 12.4. The van der Waals surface area contributed by atoms with E-state index in [-0.39, 0.29) is 41.5 Å². The number of esters is 2. The Labute approximate surface area is 182 Å². The van der Waals surface area contributed by atoms with Crippen molar-refractivity contribution in [2.24, 2.45) is 28.6 Å². The second kappa shape index (κ2) is 8.15. The highest BCUT2D eigenvalue weighted by Crippen LogP contribution is 2.61. The van der Waals surface area contributed by atoms with Gasteiger partial charge in [0.25, 0.3) is 0 Å². The van der Waals surface area contributed by atoms with E-state index in [9.17, 15) is 14.7 Å². The summed E-state index contributed by atoms with van der Waals surface area (Å²) in [6.07, 6.45) is 11.2. The number of carbonyl (C=O) groups excluding carboxylic acids is 2. The minimum Gasteiger partial charge on any atom is -0.459 e. The zero-order valence-corrected chi connectivity index (χ0v) is 18.1. The summed E-state index contributed by atoms with van der Waals surface area (Å²) in [4.78, 5) is 24.2. The van der Waals surface area contributed by atoms with Gasteiger partial charge in [-0.3, -0.25) is 4.79 Å². The number of aliphatic hydroxyl groups excluding tert-OH is 1. The summed E-state index contributed by atoms with van der Waals surface area (Å²) < 4.78 is 15.7. The van der Waals surface area contributed by atoms with Crippen LogP contribution in [0.2, 0.25) is 0 Å². The zero-order valence-electron chi connectivity index (χ0n) is 18.1. The Morgan fingerprint density at radius 3 is 2.84 bits per heavy atom. The van der Waals surface area contributed by atoms with Crippen LogP contribution in [0.5, 0.6) is 0 Å². The molecule has 2 fully saturated rings. The molecule has 0 spiro atoms. The SMILES string of the molecule is C=C1CCC2[C@](C)(COC(=O)c3ccco3)[C@H](O)CC[C@@]2(C)[C@@H]1/C=C/C1C=COC1=O. The Balaban J connectivity index is 1.57. The molecular weight excluding hydrogens is 396 g/mol. The molecule has 2 unspecified atom stereocenters. The van der Waals surface area contributed by atoms with E-state index in [2.05, 4.69) is 19.6 Å². The second-order valence-corrected chi connectivity index (χ2v) is 9.52. The van der Waals surface area contributed by atoms with E-state index in [1.54, 1.807) is 18.2 Å². The number of furan rings is 1. The minimum absolute atomic E-state index is 0.0700. The van der Waals surface area contributed by atoms with Gasteiger partial charge in [-0.2, -0.15) is 0 Å². The smallest absolute Gasteiger partial charge is 0.374 e. The number of hydrogen-bond donors (Lipinski definition) is 1. The highest BCUT2D eigenvalue weighted by atomic mass is 16.5. The molecule has 31 heavy (non-hydrogen) atoms. The highest BCUT2D eigenvalue weighted by Gasteiger charge is 2.58. The van der Waals surface area contributed by atoms with Crippen LogP contribution in [0, 0.1) is 28.6 Å². The third-order valence-corrected chi connectivity index (χ3v) is 7.70. The molecule has 3 aliphatic rings. The fraction of sp³-hybridized carbons (Fsp3) is 0.520. The van der Waals surface area contributed by atoms with Crippen molar-refractivity contribution >= 4 is 11.9 Å². The van der Waals surface area contributed by atoms with E-state index in [0.29, 0.717) is 6.42 Å². The number of allylic oxidation sites excluding steroid dienone is 2. The Morgan fingerprint density at radius 1 is 1.35 bits per heavy atom. The second-order valence-electron chi connectivity index (χ2n) is 9.52. The number of rotatable bonds is 5. The summed E-state index contributed by atoms with van der Waals surface area (Å²) >= 11 is 0. The average molecular weight is 427 g/mol. The van der Waals surface area contributed by atoms with Crippen molar-refractivity contribution in [1.82, 2.24) is 0 Å². The van der Waals surface area contributed by atoms with E-state index in [0.717, 1.165) is 24.8 Å². The quantitative estimate of drug-likeness (QED) is 0.554. The van der Waals surface area contributed by atoms with Gasteiger partial charge in [0.2, 0.25) is 5.76 Å². The molecule has 6 atom stereocenters. The molecule has 1 N–H and O–H groups in total. The third kappa shape index (κ3) is 3.78. The molecule has 0 bridgehead atoms. The fourth-order valence-corrected chi connectivity index (χ4v) is 5.88. The summed E-state index contributed by atoms with van der Waals surface area (Å²) in [5.41, 5.74) is 0.383. The monoisotopic (exact) mass is 426 g/mol. The van der Waals surface area contributed by atoms with Crippen LogP contribution in [-0.2, 0) is 14.3 Å². The van der Waals surface area contributed by atoms with Gasteiger partial charge in [0.15, 0.2) is 0 Å². The first-order chi connectivity index (χ1) is 14.8. The van der Waals surface area contributed by atoms with Crippen molar-refractivity contribution in [3.63, 3.8) is 0 Å². The third-order valence-electron chi connectivity index (χ3n) is 7.70.